The van der Waals surface area contributed by atoms with Gasteiger partial charge in [-0.15, -0.1) is 0 Å². The minimum Gasteiger partial charge on any atom is -0.469 e. The van der Waals surface area contributed by atoms with Crippen LogP contribution in [0.1, 0.15) is 63.9 Å². The number of anilines is 1. The summed E-state index contributed by atoms with van der Waals surface area (Å²) in [6.07, 6.45) is 4.66. The van der Waals surface area contributed by atoms with Gasteiger partial charge in [-0.05, 0) is 43.2 Å². The summed E-state index contributed by atoms with van der Waals surface area (Å²) in [5, 5.41) is 2.92. The third kappa shape index (κ3) is 4.09. The van der Waals surface area contributed by atoms with E-state index in [-0.39, 0.29) is 17.7 Å². The molecule has 1 atom stereocenters. The van der Waals surface area contributed by atoms with E-state index in [1.54, 1.807) is 22.1 Å². The van der Waals surface area contributed by atoms with Gasteiger partial charge in [0.1, 0.15) is 11.9 Å². The number of nitrogens with one attached hydrogen (secondary N) is 1. The zero-order valence-corrected chi connectivity index (χ0v) is 18.9. The molecule has 0 aliphatic carbocycles. The lowest BCUT2D eigenvalue weighted by atomic mass is 10.0. The molecule has 0 bridgehead atoms. The van der Waals surface area contributed by atoms with E-state index in [1.165, 1.54) is 0 Å². The summed E-state index contributed by atoms with van der Waals surface area (Å²) >= 11 is 0. The molecular weight excluding hydrogens is 430 g/mol. The molecule has 3 aromatic rings. The van der Waals surface area contributed by atoms with Gasteiger partial charge < -0.3 is 14.6 Å². The molecule has 0 saturated heterocycles. The SMILES string of the molecule is O=C(CCCCCN1C(=O)c2ccccc2N2C(=O)c3ccccc3C12)NCCc1ccco1. The van der Waals surface area contributed by atoms with Gasteiger partial charge in [0.15, 0.2) is 0 Å². The van der Waals surface area contributed by atoms with Crippen LogP contribution in [-0.2, 0) is 11.2 Å². The van der Waals surface area contributed by atoms with Crippen LogP contribution in [0.2, 0.25) is 0 Å². The lowest BCUT2D eigenvalue weighted by Gasteiger charge is -2.41. The first-order valence-corrected chi connectivity index (χ1v) is 11.8. The summed E-state index contributed by atoms with van der Waals surface area (Å²) in [6.45, 7) is 1.08. The predicted octanol–water partition coefficient (Wildman–Crippen LogP) is 4.31. The third-order valence-electron chi connectivity index (χ3n) is 6.46. The maximum absolute atomic E-state index is 13.4. The van der Waals surface area contributed by atoms with E-state index in [4.69, 9.17) is 4.42 Å². The van der Waals surface area contributed by atoms with Crippen LogP contribution in [0, 0.1) is 0 Å². The van der Waals surface area contributed by atoms with E-state index in [0.29, 0.717) is 42.7 Å². The summed E-state index contributed by atoms with van der Waals surface area (Å²) in [5.41, 5.74) is 2.73. The fourth-order valence-electron chi connectivity index (χ4n) is 4.81. The summed E-state index contributed by atoms with van der Waals surface area (Å²) in [4.78, 5) is 42.2. The van der Waals surface area contributed by atoms with Crippen molar-refractivity contribution in [1.29, 1.82) is 0 Å². The molecule has 3 heterocycles. The normalized spacial score (nSPS) is 16.3. The summed E-state index contributed by atoms with van der Waals surface area (Å²) < 4.78 is 5.27. The Kier molecular flexibility index (Phi) is 6.16. The fraction of sp³-hybridized carbons (Fsp3) is 0.296. The lowest BCUT2D eigenvalue weighted by molar-refractivity contribution is -0.121. The quantitative estimate of drug-likeness (QED) is 0.485. The van der Waals surface area contributed by atoms with Gasteiger partial charge in [-0.25, -0.2) is 0 Å². The minimum absolute atomic E-state index is 0.0241. The van der Waals surface area contributed by atoms with E-state index < -0.39 is 6.17 Å². The van der Waals surface area contributed by atoms with Crippen molar-refractivity contribution in [2.24, 2.45) is 0 Å². The number of carbonyl (C=O) groups is 3. The highest BCUT2D eigenvalue weighted by atomic mass is 16.3. The van der Waals surface area contributed by atoms with E-state index in [0.717, 1.165) is 30.6 Å². The first-order chi connectivity index (χ1) is 16.6. The van der Waals surface area contributed by atoms with Gasteiger partial charge in [0, 0.05) is 37.1 Å². The molecule has 174 valence electrons. The smallest absolute Gasteiger partial charge is 0.260 e. The molecule has 7 nitrogen and oxygen atoms in total. The zero-order chi connectivity index (χ0) is 23.5. The minimum atomic E-state index is -0.420. The van der Waals surface area contributed by atoms with Gasteiger partial charge in [-0.2, -0.15) is 0 Å². The number of hydrogen-bond donors (Lipinski definition) is 1. The number of furan rings is 1. The molecule has 3 amide bonds. The Morgan fingerprint density at radius 1 is 0.882 bits per heavy atom. The Morgan fingerprint density at radius 2 is 1.68 bits per heavy atom. The van der Waals surface area contributed by atoms with Crippen molar-refractivity contribution < 1.29 is 18.8 Å². The molecule has 2 aromatic carbocycles. The van der Waals surface area contributed by atoms with Crippen LogP contribution >= 0.6 is 0 Å². The lowest BCUT2D eigenvalue weighted by Crippen LogP contribution is -2.48. The molecule has 0 fully saturated rings. The van der Waals surface area contributed by atoms with Crippen molar-refractivity contribution in [1.82, 2.24) is 10.2 Å². The van der Waals surface area contributed by atoms with E-state index in [1.807, 2.05) is 54.6 Å². The van der Waals surface area contributed by atoms with Crippen molar-refractivity contribution in [2.45, 2.75) is 38.3 Å². The average Bonchev–Trinajstić information content (AvgIpc) is 3.47. The second-order valence-electron chi connectivity index (χ2n) is 8.64. The zero-order valence-electron chi connectivity index (χ0n) is 18.9. The predicted molar refractivity (Wildman–Crippen MR) is 127 cm³/mol. The van der Waals surface area contributed by atoms with Crippen molar-refractivity contribution in [3.8, 4) is 0 Å². The number of fused-ring (bicyclic) bond motifs is 5. The number of nitrogens with zero attached hydrogens (tertiary/aromatic N) is 2. The van der Waals surface area contributed by atoms with E-state index in [2.05, 4.69) is 5.32 Å². The number of para-hydroxylation sites is 1. The Labute approximate surface area is 198 Å². The van der Waals surface area contributed by atoms with E-state index in [9.17, 15) is 14.4 Å². The maximum atomic E-state index is 13.4. The number of carbonyl (C=O) groups excluding carboxylic acids is 3. The van der Waals surface area contributed by atoms with Crippen LogP contribution in [0.5, 0.6) is 0 Å². The van der Waals surface area contributed by atoms with Gasteiger partial charge in [0.05, 0.1) is 17.5 Å². The van der Waals surface area contributed by atoms with Crippen LogP contribution in [0.25, 0.3) is 0 Å². The van der Waals surface area contributed by atoms with Crippen molar-refractivity contribution >= 4 is 23.4 Å². The number of amides is 3. The highest BCUT2D eigenvalue weighted by molar-refractivity contribution is 6.16. The maximum Gasteiger partial charge on any atom is 0.260 e. The van der Waals surface area contributed by atoms with Crippen molar-refractivity contribution in [3.63, 3.8) is 0 Å². The van der Waals surface area contributed by atoms with Crippen molar-refractivity contribution in [2.75, 3.05) is 18.0 Å². The van der Waals surface area contributed by atoms with Crippen LogP contribution in [0.4, 0.5) is 5.69 Å². The number of hydrogen-bond acceptors (Lipinski definition) is 4. The molecule has 1 N–H and O–H groups in total. The molecule has 5 rings (SSSR count). The molecule has 0 spiro atoms. The van der Waals surface area contributed by atoms with Gasteiger partial charge in [-0.1, -0.05) is 36.8 Å². The van der Waals surface area contributed by atoms with E-state index >= 15 is 0 Å². The first-order valence-electron chi connectivity index (χ1n) is 11.8. The number of unbranched alkanes of at least 4 members (excludes halogenated alkanes) is 2. The largest absolute Gasteiger partial charge is 0.469 e. The second-order valence-corrected chi connectivity index (χ2v) is 8.64. The standard InChI is InChI=1S/C27H27N3O4/c31-24(28-16-15-19-9-8-18-34-19)14-2-1-7-17-29-25-20-10-3-4-11-21(20)27(33)30(25)23-13-6-5-12-22(23)26(29)32/h3-6,8-13,18,25H,1-2,7,14-17H2,(H,28,31). The molecule has 7 heteroatoms. The average molecular weight is 458 g/mol. The Morgan fingerprint density at radius 3 is 2.50 bits per heavy atom. The van der Waals surface area contributed by atoms with Crippen LogP contribution < -0.4 is 10.2 Å². The molecular formula is C27H27N3O4. The first kappa shape index (κ1) is 21.9. The van der Waals surface area contributed by atoms with Crippen LogP contribution in [0.3, 0.4) is 0 Å². The Bertz CT molecular complexity index is 1200. The van der Waals surface area contributed by atoms with Gasteiger partial charge in [0.25, 0.3) is 11.8 Å². The molecule has 34 heavy (non-hydrogen) atoms. The molecule has 0 saturated carbocycles. The third-order valence-corrected chi connectivity index (χ3v) is 6.46. The van der Waals surface area contributed by atoms with Crippen LogP contribution in [-0.4, -0.2) is 35.7 Å². The second kappa shape index (κ2) is 9.55. The Balaban J connectivity index is 1.19. The van der Waals surface area contributed by atoms with Crippen molar-refractivity contribution in [3.05, 3.63) is 89.4 Å². The Hall–Kier alpha value is -3.87. The summed E-state index contributed by atoms with van der Waals surface area (Å²) in [5.74, 6) is 0.749. The molecule has 1 unspecified atom stereocenters. The van der Waals surface area contributed by atoms with Gasteiger partial charge in [-0.3, -0.25) is 19.3 Å². The fourth-order valence-corrected chi connectivity index (χ4v) is 4.81. The number of benzene rings is 2. The summed E-state index contributed by atoms with van der Waals surface area (Å²) in [6, 6.07) is 18.5. The number of rotatable bonds is 9. The molecule has 2 aliphatic heterocycles. The highest BCUT2D eigenvalue weighted by Crippen LogP contribution is 2.45. The summed E-state index contributed by atoms with van der Waals surface area (Å²) in [7, 11) is 0. The van der Waals surface area contributed by atoms with Gasteiger partial charge >= 0.3 is 0 Å². The van der Waals surface area contributed by atoms with Gasteiger partial charge in [0.2, 0.25) is 5.91 Å². The highest BCUT2D eigenvalue weighted by Gasteiger charge is 2.47. The monoisotopic (exact) mass is 457 g/mol. The molecule has 2 aliphatic rings. The molecule has 1 aromatic heterocycles. The van der Waals surface area contributed by atoms with Crippen LogP contribution in [0.15, 0.2) is 71.3 Å². The molecule has 0 radical (unpaired) electrons. The topological polar surface area (TPSA) is 82.9 Å².